The highest BCUT2D eigenvalue weighted by atomic mass is 32.2. The van der Waals surface area contributed by atoms with Crippen LogP contribution in [0.3, 0.4) is 0 Å². The largest absolute Gasteiger partial charge is 0.394 e. The van der Waals surface area contributed by atoms with E-state index in [9.17, 15) is 5.11 Å². The van der Waals surface area contributed by atoms with Gasteiger partial charge in [0.15, 0.2) is 0 Å². The molecule has 0 aliphatic heterocycles. The summed E-state index contributed by atoms with van der Waals surface area (Å²) in [5.74, 6) is 0. The lowest BCUT2D eigenvalue weighted by Gasteiger charge is -2.25. The Morgan fingerprint density at radius 2 is 1.85 bits per heavy atom. The lowest BCUT2D eigenvalue weighted by molar-refractivity contribution is -0.106. The van der Waals surface area contributed by atoms with Crippen molar-refractivity contribution in [2.45, 2.75) is 37.6 Å². The third-order valence-electron chi connectivity index (χ3n) is 1.75. The molecular weight excluding hydrogens is 192 g/mol. The van der Waals surface area contributed by atoms with E-state index in [0.717, 1.165) is 0 Å². The summed E-state index contributed by atoms with van der Waals surface area (Å²) in [6.45, 7) is 2.99. The number of hydrogen-bond donors (Lipinski definition) is 3. The Morgan fingerprint density at radius 3 is 2.15 bits per heavy atom. The highest BCUT2D eigenvalue weighted by Gasteiger charge is 2.25. The molecule has 0 spiro atoms. The number of ether oxygens (including phenoxy) is 1. The quantitative estimate of drug-likeness (QED) is 0.530. The monoisotopic (exact) mass is 210 g/mol. The molecule has 0 aromatic carbocycles. The van der Waals surface area contributed by atoms with Crippen molar-refractivity contribution in [1.29, 1.82) is 0 Å². The summed E-state index contributed by atoms with van der Waals surface area (Å²) in [5.41, 5.74) is -0.106. The van der Waals surface area contributed by atoms with Crippen molar-refractivity contribution >= 4 is 11.8 Å². The highest BCUT2D eigenvalue weighted by molar-refractivity contribution is 7.99. The Labute approximate surface area is 82.9 Å². The van der Waals surface area contributed by atoms with Crippen molar-refractivity contribution in [1.82, 2.24) is 0 Å². The summed E-state index contributed by atoms with van der Waals surface area (Å²) in [6, 6.07) is 0. The summed E-state index contributed by atoms with van der Waals surface area (Å²) in [7, 11) is 0. The summed E-state index contributed by atoms with van der Waals surface area (Å²) < 4.78 is 5.27. The molecule has 0 bridgehead atoms. The minimum absolute atomic E-state index is 0.106. The molecule has 0 saturated heterocycles. The number of aliphatic hydroxyl groups excluding tert-OH is 3. The molecule has 0 aliphatic rings. The van der Waals surface area contributed by atoms with Gasteiger partial charge < -0.3 is 20.1 Å². The van der Waals surface area contributed by atoms with Crippen molar-refractivity contribution in [2.24, 2.45) is 0 Å². The lowest BCUT2D eigenvalue weighted by atomic mass is 10.1. The Kier molecular flexibility index (Phi) is 6.71. The van der Waals surface area contributed by atoms with Crippen LogP contribution in [0.4, 0.5) is 0 Å². The molecule has 0 radical (unpaired) electrons. The second-order valence-corrected chi connectivity index (χ2v) is 4.03. The van der Waals surface area contributed by atoms with Gasteiger partial charge in [0.1, 0.15) is 17.6 Å². The third kappa shape index (κ3) is 4.83. The summed E-state index contributed by atoms with van der Waals surface area (Å²) in [4.78, 5) is 0. The molecular formula is C8H18O4S. The average molecular weight is 210 g/mol. The van der Waals surface area contributed by atoms with Crippen molar-refractivity contribution in [3.05, 3.63) is 0 Å². The first-order valence-corrected chi connectivity index (χ1v) is 5.47. The van der Waals surface area contributed by atoms with Gasteiger partial charge in [-0.3, -0.25) is 0 Å². The Hall–Kier alpha value is 0.190. The second kappa shape index (κ2) is 6.62. The molecule has 0 saturated carbocycles. The standard InChI is InChI=1S/C8H18O4S/c1-5(10)8(11)7(4-9)12-6(2)13-3/h5-11H,4H2,1-3H3/t5-,6?,7?,8+/m1/s1. The fourth-order valence-corrected chi connectivity index (χ4v) is 1.10. The van der Waals surface area contributed by atoms with Gasteiger partial charge in [-0.25, -0.2) is 0 Å². The van der Waals surface area contributed by atoms with Gasteiger partial charge in [-0.1, -0.05) is 0 Å². The van der Waals surface area contributed by atoms with E-state index in [2.05, 4.69) is 0 Å². The lowest BCUT2D eigenvalue weighted by Crippen LogP contribution is -2.41. The fraction of sp³-hybridized carbons (Fsp3) is 1.00. The van der Waals surface area contributed by atoms with Crippen LogP contribution in [0.1, 0.15) is 13.8 Å². The maximum atomic E-state index is 9.39. The van der Waals surface area contributed by atoms with Crippen LogP contribution in [0.15, 0.2) is 0 Å². The van der Waals surface area contributed by atoms with Gasteiger partial charge in [-0.05, 0) is 20.1 Å². The van der Waals surface area contributed by atoms with Crippen LogP contribution in [-0.2, 0) is 4.74 Å². The van der Waals surface area contributed by atoms with Crippen LogP contribution in [0.2, 0.25) is 0 Å². The normalized spacial score (nSPS) is 20.8. The number of thioether (sulfide) groups is 1. The third-order valence-corrected chi connectivity index (χ3v) is 2.53. The average Bonchev–Trinajstić information content (AvgIpc) is 2.12. The van der Waals surface area contributed by atoms with Crippen molar-refractivity contribution < 1.29 is 20.1 Å². The Bertz CT molecular complexity index is 131. The summed E-state index contributed by atoms with van der Waals surface area (Å²) in [5, 5.41) is 27.3. The van der Waals surface area contributed by atoms with Gasteiger partial charge in [-0.15, -0.1) is 11.8 Å². The van der Waals surface area contributed by atoms with Crippen LogP contribution < -0.4 is 0 Å². The SMILES string of the molecule is CSC(C)OC(CO)[C@@H](O)[C@@H](C)O. The molecule has 4 nitrogen and oxygen atoms in total. The zero-order valence-electron chi connectivity index (χ0n) is 8.17. The number of rotatable bonds is 6. The van der Waals surface area contributed by atoms with Gasteiger partial charge in [-0.2, -0.15) is 0 Å². The molecule has 0 amide bonds. The zero-order chi connectivity index (χ0) is 10.4. The predicted molar refractivity (Wildman–Crippen MR) is 52.6 cm³/mol. The first-order valence-electron chi connectivity index (χ1n) is 4.18. The van der Waals surface area contributed by atoms with E-state index < -0.39 is 18.3 Å². The molecule has 80 valence electrons. The topological polar surface area (TPSA) is 69.9 Å². The van der Waals surface area contributed by atoms with Gasteiger partial charge >= 0.3 is 0 Å². The van der Waals surface area contributed by atoms with Crippen LogP contribution in [-0.4, -0.2) is 51.9 Å². The van der Waals surface area contributed by atoms with Crippen LogP contribution in [0, 0.1) is 0 Å². The number of hydrogen-bond acceptors (Lipinski definition) is 5. The number of aliphatic hydroxyl groups is 3. The molecule has 5 heteroatoms. The molecule has 0 rings (SSSR count). The van der Waals surface area contributed by atoms with E-state index in [1.165, 1.54) is 18.7 Å². The van der Waals surface area contributed by atoms with E-state index in [1.807, 2.05) is 13.2 Å². The molecule has 13 heavy (non-hydrogen) atoms. The van der Waals surface area contributed by atoms with Crippen molar-refractivity contribution in [2.75, 3.05) is 12.9 Å². The Morgan fingerprint density at radius 1 is 1.31 bits per heavy atom. The van der Waals surface area contributed by atoms with Crippen LogP contribution in [0.25, 0.3) is 0 Å². The maximum absolute atomic E-state index is 9.39. The zero-order valence-corrected chi connectivity index (χ0v) is 8.99. The highest BCUT2D eigenvalue weighted by Crippen LogP contribution is 2.13. The van der Waals surface area contributed by atoms with Gasteiger partial charge in [0, 0.05) is 0 Å². The van der Waals surface area contributed by atoms with Crippen molar-refractivity contribution in [3.8, 4) is 0 Å². The minimum Gasteiger partial charge on any atom is -0.394 e. The Balaban J connectivity index is 4.01. The molecule has 2 unspecified atom stereocenters. The van der Waals surface area contributed by atoms with E-state index in [-0.39, 0.29) is 12.0 Å². The first kappa shape index (κ1) is 13.2. The van der Waals surface area contributed by atoms with E-state index in [0.29, 0.717) is 0 Å². The first-order chi connectivity index (χ1) is 6.02. The van der Waals surface area contributed by atoms with E-state index in [4.69, 9.17) is 14.9 Å². The summed E-state index contributed by atoms with van der Waals surface area (Å²) in [6.07, 6.45) is -0.790. The smallest absolute Gasteiger partial charge is 0.110 e. The molecule has 0 aromatic heterocycles. The van der Waals surface area contributed by atoms with Gasteiger partial charge in [0.25, 0.3) is 0 Å². The maximum Gasteiger partial charge on any atom is 0.110 e. The van der Waals surface area contributed by atoms with Crippen LogP contribution >= 0.6 is 11.8 Å². The fourth-order valence-electron chi connectivity index (χ4n) is 0.844. The predicted octanol–water partition coefficient (Wildman–Crippen LogP) is -0.185. The molecule has 3 N–H and O–H groups in total. The van der Waals surface area contributed by atoms with E-state index >= 15 is 0 Å². The van der Waals surface area contributed by atoms with E-state index in [1.54, 1.807) is 0 Å². The second-order valence-electron chi connectivity index (χ2n) is 2.89. The van der Waals surface area contributed by atoms with Crippen molar-refractivity contribution in [3.63, 3.8) is 0 Å². The molecule has 4 atom stereocenters. The van der Waals surface area contributed by atoms with Gasteiger partial charge in [0.2, 0.25) is 0 Å². The molecule has 0 aliphatic carbocycles. The minimum atomic E-state index is -1.04. The van der Waals surface area contributed by atoms with Crippen LogP contribution in [0.5, 0.6) is 0 Å². The summed E-state index contributed by atoms with van der Waals surface area (Å²) >= 11 is 1.47. The molecule has 0 heterocycles. The van der Waals surface area contributed by atoms with Gasteiger partial charge in [0.05, 0.1) is 12.7 Å². The molecule has 0 fully saturated rings. The molecule has 0 aromatic rings.